The van der Waals surface area contributed by atoms with Crippen molar-refractivity contribution in [3.63, 3.8) is 0 Å². The van der Waals surface area contributed by atoms with E-state index in [2.05, 4.69) is 44.0 Å². The Morgan fingerprint density at radius 2 is 1.85 bits per heavy atom. The molecule has 2 aliphatic heterocycles. The van der Waals surface area contributed by atoms with Gasteiger partial charge in [-0.15, -0.1) is 0 Å². The van der Waals surface area contributed by atoms with Gasteiger partial charge in [0.25, 0.3) is 16.0 Å². The molecule has 6 rings (SSSR count). The minimum absolute atomic E-state index is 0.399. The molecule has 0 atom stereocenters. The summed E-state index contributed by atoms with van der Waals surface area (Å²) in [6.07, 6.45) is 14.2. The number of hydrogen-bond acceptors (Lipinski definition) is 7. The van der Waals surface area contributed by atoms with Crippen LogP contribution in [-0.4, -0.2) is 72.0 Å². The molecule has 3 aromatic rings. The van der Waals surface area contributed by atoms with Crippen LogP contribution in [0, 0.1) is 0 Å². The zero-order valence-electron chi connectivity index (χ0n) is 23.0. The molecule has 11 heteroatoms. The van der Waals surface area contributed by atoms with Gasteiger partial charge in [-0.25, -0.2) is 4.98 Å². The molecule has 1 saturated heterocycles. The Kier molecular flexibility index (Phi) is 8.53. The topological polar surface area (TPSA) is 143 Å². The van der Waals surface area contributed by atoms with E-state index in [-0.39, 0.29) is 0 Å². The molecule has 2 fully saturated rings. The van der Waals surface area contributed by atoms with Gasteiger partial charge in [0.05, 0.1) is 34.9 Å². The van der Waals surface area contributed by atoms with Crippen molar-refractivity contribution < 1.29 is 17.8 Å². The summed E-state index contributed by atoms with van der Waals surface area (Å²) in [5, 5.41) is 3.53. The summed E-state index contributed by atoms with van der Waals surface area (Å²) in [4.78, 5) is 24.4. The standard InChI is InChI=1S/C28H34N6O.CH4O3S/c29-28(35)26-21-10-11-31-27(21)22(17-24(26)30-12-15-33-13-4-5-14-33)19-8-9-25-23(16-19)32-18-34(25)20-6-2-1-3-7-20;1-5(2,3)4/h8-9,11,16-18,20,30H,1-7,10,12-15H2,(H2,29,35);1H3,(H,2,3,4). The molecule has 3 heterocycles. The van der Waals surface area contributed by atoms with Crippen LogP contribution < -0.4 is 11.1 Å². The third-order valence-corrected chi connectivity index (χ3v) is 7.96. The van der Waals surface area contributed by atoms with E-state index in [4.69, 9.17) is 15.3 Å². The van der Waals surface area contributed by atoms with Gasteiger partial charge >= 0.3 is 0 Å². The summed E-state index contributed by atoms with van der Waals surface area (Å²) in [6.45, 7) is 4.05. The highest BCUT2D eigenvalue weighted by molar-refractivity contribution is 7.85. The molecule has 3 aliphatic rings. The van der Waals surface area contributed by atoms with Crippen molar-refractivity contribution in [3.05, 3.63) is 41.7 Å². The highest BCUT2D eigenvalue weighted by Gasteiger charge is 2.25. The molecule has 2 aromatic carbocycles. The number of benzene rings is 2. The molecular formula is C29H38N6O4S. The van der Waals surface area contributed by atoms with Gasteiger partial charge in [-0.1, -0.05) is 25.3 Å². The third kappa shape index (κ3) is 6.54. The number of carbonyl (C=O) groups is 1. The Bertz CT molecular complexity index is 1510. The molecule has 0 radical (unpaired) electrons. The summed E-state index contributed by atoms with van der Waals surface area (Å²) in [6, 6.07) is 9.14. The van der Waals surface area contributed by atoms with E-state index in [0.29, 0.717) is 24.3 Å². The van der Waals surface area contributed by atoms with E-state index in [1.807, 2.05) is 12.5 Å². The molecular weight excluding hydrogens is 528 g/mol. The Labute approximate surface area is 235 Å². The molecule has 1 amide bonds. The molecule has 4 N–H and O–H groups in total. The fraction of sp³-hybridized carbons (Fsp3) is 0.483. The summed E-state index contributed by atoms with van der Waals surface area (Å²) >= 11 is 0. The van der Waals surface area contributed by atoms with Crippen molar-refractivity contribution in [3.8, 4) is 11.1 Å². The first-order chi connectivity index (χ1) is 19.2. The second kappa shape index (κ2) is 12.1. The van der Waals surface area contributed by atoms with Gasteiger partial charge < -0.3 is 20.5 Å². The molecule has 40 heavy (non-hydrogen) atoms. The molecule has 1 aliphatic carbocycles. The first-order valence-corrected chi connectivity index (χ1v) is 15.9. The number of fused-ring (bicyclic) bond motifs is 2. The lowest BCUT2D eigenvalue weighted by Gasteiger charge is -2.23. The lowest BCUT2D eigenvalue weighted by molar-refractivity contribution is 0.100. The number of imidazole rings is 1. The van der Waals surface area contributed by atoms with E-state index in [0.717, 1.165) is 59.8 Å². The zero-order chi connectivity index (χ0) is 28.3. The predicted octanol–water partition coefficient (Wildman–Crippen LogP) is 4.58. The van der Waals surface area contributed by atoms with E-state index in [1.165, 1.54) is 50.5 Å². The lowest BCUT2D eigenvalue weighted by atomic mass is 9.93. The molecule has 10 nitrogen and oxygen atoms in total. The van der Waals surface area contributed by atoms with Crippen molar-refractivity contribution in [2.24, 2.45) is 10.7 Å². The van der Waals surface area contributed by atoms with Gasteiger partial charge in [0.2, 0.25) is 0 Å². The maximum Gasteiger partial charge on any atom is 0.261 e. The second-order valence-corrected chi connectivity index (χ2v) is 12.4. The molecule has 0 bridgehead atoms. The fourth-order valence-corrected chi connectivity index (χ4v) is 6.15. The number of primary amides is 1. The van der Waals surface area contributed by atoms with Gasteiger partial charge in [0, 0.05) is 43.0 Å². The zero-order valence-corrected chi connectivity index (χ0v) is 23.8. The number of aliphatic imine (C=N–C) groups is 1. The summed E-state index contributed by atoms with van der Waals surface area (Å²) in [5.74, 6) is -0.399. The van der Waals surface area contributed by atoms with Crippen molar-refractivity contribution in [1.82, 2.24) is 14.5 Å². The second-order valence-electron chi connectivity index (χ2n) is 10.9. The Balaban J connectivity index is 0.000000595. The number of amides is 1. The molecule has 214 valence electrons. The van der Waals surface area contributed by atoms with Crippen LogP contribution in [0.4, 0.5) is 11.4 Å². The maximum atomic E-state index is 12.5. The molecule has 0 unspecified atom stereocenters. The van der Waals surface area contributed by atoms with Crippen LogP contribution in [0.5, 0.6) is 0 Å². The van der Waals surface area contributed by atoms with Crippen LogP contribution in [0.1, 0.15) is 66.9 Å². The number of rotatable bonds is 7. The van der Waals surface area contributed by atoms with Gasteiger partial charge in [0.15, 0.2) is 0 Å². The van der Waals surface area contributed by atoms with Crippen molar-refractivity contribution in [2.45, 2.75) is 57.4 Å². The highest BCUT2D eigenvalue weighted by Crippen LogP contribution is 2.42. The Morgan fingerprint density at radius 3 is 2.55 bits per heavy atom. The molecule has 1 aromatic heterocycles. The lowest BCUT2D eigenvalue weighted by Crippen LogP contribution is -2.27. The number of nitrogens with zero attached hydrogens (tertiary/aromatic N) is 4. The quantitative estimate of drug-likeness (QED) is 0.355. The van der Waals surface area contributed by atoms with Gasteiger partial charge in [-0.2, -0.15) is 8.42 Å². The van der Waals surface area contributed by atoms with Crippen molar-refractivity contribution in [2.75, 3.05) is 37.8 Å². The van der Waals surface area contributed by atoms with Gasteiger partial charge in [-0.3, -0.25) is 14.3 Å². The van der Waals surface area contributed by atoms with E-state index < -0.39 is 16.0 Å². The molecule has 0 spiro atoms. The first kappa shape index (κ1) is 28.3. The van der Waals surface area contributed by atoms with E-state index in [9.17, 15) is 13.2 Å². The summed E-state index contributed by atoms with van der Waals surface area (Å²) in [7, 11) is -3.67. The van der Waals surface area contributed by atoms with Crippen LogP contribution in [0.25, 0.3) is 22.2 Å². The van der Waals surface area contributed by atoms with Crippen LogP contribution in [0.3, 0.4) is 0 Å². The summed E-state index contributed by atoms with van der Waals surface area (Å²) in [5.41, 5.74) is 13.3. The first-order valence-electron chi connectivity index (χ1n) is 14.1. The van der Waals surface area contributed by atoms with Gasteiger partial charge in [-0.05, 0) is 68.1 Å². The minimum atomic E-state index is -3.67. The highest BCUT2D eigenvalue weighted by atomic mass is 32.2. The third-order valence-electron chi connectivity index (χ3n) is 7.96. The Morgan fingerprint density at radius 1 is 1.12 bits per heavy atom. The number of anilines is 1. The minimum Gasteiger partial charge on any atom is -0.383 e. The number of nitrogens with two attached hydrogens (primary N) is 1. The van der Waals surface area contributed by atoms with Gasteiger partial charge in [0.1, 0.15) is 0 Å². The normalized spacial score (nSPS) is 17.6. The predicted molar refractivity (Wildman–Crippen MR) is 159 cm³/mol. The number of hydrogen-bond donors (Lipinski definition) is 3. The van der Waals surface area contributed by atoms with Crippen molar-refractivity contribution >= 4 is 44.6 Å². The largest absolute Gasteiger partial charge is 0.383 e. The molecule has 1 saturated carbocycles. The average Bonchev–Trinajstić information content (AvgIpc) is 3.68. The smallest absolute Gasteiger partial charge is 0.261 e. The van der Waals surface area contributed by atoms with Crippen LogP contribution in [0.15, 0.2) is 35.6 Å². The number of aromatic nitrogens is 2. The Hall–Kier alpha value is -3.28. The van der Waals surface area contributed by atoms with Crippen LogP contribution >= 0.6 is 0 Å². The summed E-state index contributed by atoms with van der Waals surface area (Å²) < 4.78 is 28.2. The monoisotopic (exact) mass is 566 g/mol. The maximum absolute atomic E-state index is 12.5. The average molecular weight is 567 g/mol. The van der Waals surface area contributed by atoms with Crippen LogP contribution in [-0.2, 0) is 16.5 Å². The SMILES string of the molecule is CS(=O)(=O)O.NC(=O)c1c(NCCN2CCCC2)cc(-c2ccc3c(c2)ncn3C2CCCCC2)c2c1CC=N2. The van der Waals surface area contributed by atoms with Crippen molar-refractivity contribution in [1.29, 1.82) is 0 Å². The van der Waals surface area contributed by atoms with E-state index in [1.54, 1.807) is 0 Å². The van der Waals surface area contributed by atoms with E-state index >= 15 is 0 Å². The van der Waals surface area contributed by atoms with Crippen LogP contribution in [0.2, 0.25) is 0 Å². The fourth-order valence-electron chi connectivity index (χ4n) is 6.15. The number of carbonyl (C=O) groups excluding carboxylic acids is 1. The number of nitrogens with one attached hydrogen (secondary N) is 1. The number of likely N-dealkylation sites (tertiary alicyclic amines) is 1.